The summed E-state index contributed by atoms with van der Waals surface area (Å²) < 4.78 is 1.73. The van der Waals surface area contributed by atoms with E-state index >= 15 is 0 Å². The highest BCUT2D eigenvalue weighted by Gasteiger charge is 2.17. The maximum atomic E-state index is 2.16. The van der Waals surface area contributed by atoms with E-state index in [1.165, 1.54) is 50.0 Å². The van der Waals surface area contributed by atoms with Crippen molar-refractivity contribution in [3.63, 3.8) is 0 Å². The molecule has 94 valence electrons. The monoisotopic (exact) mass is 330 g/mol. The van der Waals surface area contributed by atoms with Gasteiger partial charge in [0.15, 0.2) is 0 Å². The largest absolute Gasteiger partial charge is 0.147 e. The molecular weight excluding hydrogens is 313 g/mol. The number of hydrogen-bond acceptors (Lipinski definition) is 6. The minimum absolute atomic E-state index is 0.867. The minimum atomic E-state index is 0.867. The number of rotatable bonds is 5. The van der Waals surface area contributed by atoms with Crippen LogP contribution in [0, 0.1) is 0 Å². The average Bonchev–Trinajstić information content (AvgIpc) is 2.37. The van der Waals surface area contributed by atoms with Crippen LogP contribution in [0.4, 0.5) is 0 Å². The van der Waals surface area contributed by atoms with E-state index < -0.39 is 0 Å². The van der Waals surface area contributed by atoms with E-state index in [9.17, 15) is 0 Å². The van der Waals surface area contributed by atoms with Crippen LogP contribution in [-0.4, -0.2) is 20.7 Å². The molecule has 0 aromatic carbocycles. The van der Waals surface area contributed by atoms with E-state index in [0.717, 1.165) is 9.16 Å². The SMILES string of the molecule is C1CCC(SSSSC2CCCCS2)SC1. The molecular formula is C10H18S6. The quantitative estimate of drug-likeness (QED) is 0.435. The Bertz CT molecular complexity index is 156. The third kappa shape index (κ3) is 5.83. The van der Waals surface area contributed by atoms with Crippen LogP contribution in [-0.2, 0) is 0 Å². The van der Waals surface area contributed by atoms with E-state index in [4.69, 9.17) is 0 Å². The molecule has 0 spiro atoms. The summed E-state index contributed by atoms with van der Waals surface area (Å²) in [6.45, 7) is 0. The highest BCUT2D eigenvalue weighted by Crippen LogP contribution is 2.53. The third-order valence-corrected chi connectivity index (χ3v) is 13.5. The van der Waals surface area contributed by atoms with Crippen molar-refractivity contribution in [1.82, 2.24) is 0 Å². The Morgan fingerprint density at radius 3 is 1.56 bits per heavy atom. The number of thioether (sulfide) groups is 2. The maximum Gasteiger partial charge on any atom is 0.0614 e. The van der Waals surface area contributed by atoms with E-state index in [1.54, 1.807) is 0 Å². The van der Waals surface area contributed by atoms with Crippen molar-refractivity contribution in [2.24, 2.45) is 0 Å². The van der Waals surface area contributed by atoms with Crippen molar-refractivity contribution in [3.05, 3.63) is 0 Å². The molecule has 0 aliphatic carbocycles. The van der Waals surface area contributed by atoms with E-state index in [-0.39, 0.29) is 0 Å². The van der Waals surface area contributed by atoms with Gasteiger partial charge in [0.25, 0.3) is 0 Å². The molecule has 2 atom stereocenters. The van der Waals surface area contributed by atoms with Gasteiger partial charge >= 0.3 is 0 Å². The van der Waals surface area contributed by atoms with Gasteiger partial charge < -0.3 is 0 Å². The van der Waals surface area contributed by atoms with Crippen LogP contribution in [0.25, 0.3) is 0 Å². The lowest BCUT2D eigenvalue weighted by Crippen LogP contribution is -2.03. The Morgan fingerprint density at radius 1 is 0.688 bits per heavy atom. The van der Waals surface area contributed by atoms with Crippen molar-refractivity contribution in [1.29, 1.82) is 0 Å². The summed E-state index contributed by atoms with van der Waals surface area (Å²) in [6, 6.07) is 0. The highest BCUT2D eigenvalue weighted by atomic mass is 33.7. The van der Waals surface area contributed by atoms with Gasteiger partial charge in [0.2, 0.25) is 0 Å². The minimum Gasteiger partial charge on any atom is -0.147 e. The molecule has 2 heterocycles. The van der Waals surface area contributed by atoms with Gasteiger partial charge in [0.05, 0.1) is 9.16 Å². The summed E-state index contributed by atoms with van der Waals surface area (Å²) in [5.41, 5.74) is 0. The van der Waals surface area contributed by atoms with Crippen molar-refractivity contribution in [2.75, 3.05) is 11.5 Å². The van der Waals surface area contributed by atoms with Crippen molar-refractivity contribution in [2.45, 2.75) is 47.7 Å². The summed E-state index contributed by atoms with van der Waals surface area (Å²) in [6.07, 6.45) is 8.61. The van der Waals surface area contributed by atoms with Crippen molar-refractivity contribution in [3.8, 4) is 0 Å². The molecule has 0 bridgehead atoms. The summed E-state index contributed by atoms with van der Waals surface area (Å²) in [5, 5.41) is 0. The van der Waals surface area contributed by atoms with Crippen LogP contribution in [0.5, 0.6) is 0 Å². The Labute approximate surface area is 123 Å². The Balaban J connectivity index is 1.47. The lowest BCUT2D eigenvalue weighted by atomic mass is 10.3. The highest BCUT2D eigenvalue weighted by molar-refractivity contribution is 9.26. The molecule has 2 aliphatic rings. The fraction of sp³-hybridized carbons (Fsp3) is 1.00. The number of hydrogen-bond donors (Lipinski definition) is 0. The average molecular weight is 331 g/mol. The van der Waals surface area contributed by atoms with Crippen LogP contribution in [0.15, 0.2) is 0 Å². The zero-order valence-electron chi connectivity index (χ0n) is 9.26. The standard InChI is InChI=1S/C10H18S6/c1-3-7-11-9(5-1)13-15-16-14-10-6-2-4-8-12-10/h9-10H,1-8H2. The van der Waals surface area contributed by atoms with E-state index in [2.05, 4.69) is 45.1 Å². The first-order valence-corrected chi connectivity index (χ1v) is 12.9. The molecule has 2 rings (SSSR count). The van der Waals surface area contributed by atoms with Crippen LogP contribution in [0.3, 0.4) is 0 Å². The van der Waals surface area contributed by atoms with Gasteiger partial charge in [-0.15, -0.1) is 23.5 Å². The van der Waals surface area contributed by atoms with Crippen LogP contribution in [0.2, 0.25) is 0 Å². The molecule has 0 N–H and O–H groups in total. The first-order chi connectivity index (χ1) is 7.95. The van der Waals surface area contributed by atoms with Gasteiger partial charge in [0.1, 0.15) is 0 Å². The Hall–Kier alpha value is 2.10. The van der Waals surface area contributed by atoms with Gasteiger partial charge in [-0.1, -0.05) is 34.4 Å². The summed E-state index contributed by atoms with van der Waals surface area (Å²) >= 11 is 4.33. The van der Waals surface area contributed by atoms with E-state index in [1.807, 2.05) is 19.7 Å². The van der Waals surface area contributed by atoms with E-state index in [0.29, 0.717) is 0 Å². The fourth-order valence-electron chi connectivity index (χ4n) is 1.69. The normalized spacial score (nSPS) is 31.5. The van der Waals surface area contributed by atoms with Crippen LogP contribution < -0.4 is 0 Å². The maximum absolute atomic E-state index is 2.16. The molecule has 2 aliphatic heterocycles. The second kappa shape index (κ2) is 9.08. The molecule has 0 saturated carbocycles. The molecule has 0 radical (unpaired) electrons. The second-order valence-corrected chi connectivity index (χ2v) is 13.4. The van der Waals surface area contributed by atoms with Gasteiger partial charge in [-0.3, -0.25) is 0 Å². The summed E-state index contributed by atoms with van der Waals surface area (Å²) in [7, 11) is 8.23. The molecule has 0 aromatic rings. The molecule has 16 heavy (non-hydrogen) atoms. The van der Waals surface area contributed by atoms with Crippen molar-refractivity contribution < 1.29 is 0 Å². The lowest BCUT2D eigenvalue weighted by Gasteiger charge is -2.21. The van der Waals surface area contributed by atoms with Crippen LogP contribution >= 0.6 is 64.8 Å². The van der Waals surface area contributed by atoms with Gasteiger partial charge in [0, 0.05) is 0 Å². The first-order valence-electron chi connectivity index (χ1n) is 5.84. The topological polar surface area (TPSA) is 0 Å². The lowest BCUT2D eigenvalue weighted by molar-refractivity contribution is 0.748. The molecule has 2 saturated heterocycles. The third-order valence-electron chi connectivity index (χ3n) is 2.60. The summed E-state index contributed by atoms with van der Waals surface area (Å²) in [5.74, 6) is 2.77. The fourth-order valence-corrected chi connectivity index (χ4v) is 13.3. The molecule has 0 amide bonds. The molecule has 0 nitrogen and oxygen atoms in total. The zero-order valence-corrected chi connectivity index (χ0v) is 14.2. The second-order valence-electron chi connectivity index (χ2n) is 3.92. The predicted octanol–water partition coefficient (Wildman–Crippen LogP) is 6.15. The van der Waals surface area contributed by atoms with Gasteiger partial charge in [-0.25, -0.2) is 0 Å². The van der Waals surface area contributed by atoms with Crippen molar-refractivity contribution >= 4 is 64.8 Å². The van der Waals surface area contributed by atoms with Gasteiger partial charge in [-0.2, -0.15) is 0 Å². The first kappa shape index (κ1) is 14.5. The summed E-state index contributed by atoms with van der Waals surface area (Å²) in [4.78, 5) is 0. The predicted molar refractivity (Wildman–Crippen MR) is 90.6 cm³/mol. The Morgan fingerprint density at radius 2 is 1.19 bits per heavy atom. The zero-order chi connectivity index (χ0) is 11.1. The van der Waals surface area contributed by atoms with Crippen LogP contribution in [0.1, 0.15) is 38.5 Å². The molecule has 2 fully saturated rings. The van der Waals surface area contributed by atoms with Gasteiger partial charge in [-0.05, 0) is 56.8 Å². The Kier molecular flexibility index (Phi) is 8.23. The molecule has 2 unspecified atom stereocenters. The molecule has 6 heteroatoms. The smallest absolute Gasteiger partial charge is 0.0614 e. The molecule has 0 aromatic heterocycles.